The Labute approximate surface area is 173 Å². The van der Waals surface area contributed by atoms with Gasteiger partial charge in [-0.25, -0.2) is 0 Å². The number of anilines is 1. The van der Waals surface area contributed by atoms with E-state index in [1.54, 1.807) is 12.1 Å². The molecule has 0 bridgehead atoms. The number of nitrogens with one attached hydrogen (secondary N) is 1. The van der Waals surface area contributed by atoms with Gasteiger partial charge in [-0.15, -0.1) is 0 Å². The normalized spacial score (nSPS) is 15.1. The summed E-state index contributed by atoms with van der Waals surface area (Å²) in [6.45, 7) is 4.27. The van der Waals surface area contributed by atoms with E-state index in [9.17, 15) is 14.4 Å². The van der Waals surface area contributed by atoms with Crippen LogP contribution in [0.25, 0.3) is 6.08 Å². The number of rotatable bonds is 7. The lowest BCUT2D eigenvalue weighted by Crippen LogP contribution is -2.36. The summed E-state index contributed by atoms with van der Waals surface area (Å²) < 4.78 is 5.54. The van der Waals surface area contributed by atoms with Crippen LogP contribution in [0.3, 0.4) is 0 Å². The minimum absolute atomic E-state index is 0.292. The Hall–Kier alpha value is -3.06. The second-order valence-corrected chi connectivity index (χ2v) is 7.60. The molecule has 0 aliphatic carbocycles. The molecule has 1 saturated heterocycles. The number of amides is 3. The van der Waals surface area contributed by atoms with Crippen LogP contribution >= 0.6 is 11.8 Å². The van der Waals surface area contributed by atoms with Crippen LogP contribution in [-0.2, 0) is 9.59 Å². The molecule has 1 fully saturated rings. The summed E-state index contributed by atoms with van der Waals surface area (Å²) in [5.74, 6) is -0.132. The predicted molar refractivity (Wildman–Crippen MR) is 115 cm³/mol. The number of imide groups is 1. The zero-order chi connectivity index (χ0) is 20.8. The maximum atomic E-state index is 12.6. The molecule has 0 radical (unpaired) electrons. The Balaban J connectivity index is 1.64. The van der Waals surface area contributed by atoms with Gasteiger partial charge >= 0.3 is 0 Å². The van der Waals surface area contributed by atoms with Crippen LogP contribution in [0, 0.1) is 6.92 Å². The van der Waals surface area contributed by atoms with Gasteiger partial charge in [0.15, 0.2) is 0 Å². The number of nitrogens with zero attached hydrogens (tertiary/aromatic N) is 1. The third-order valence-electron chi connectivity index (χ3n) is 4.13. The molecule has 29 heavy (non-hydrogen) atoms. The monoisotopic (exact) mass is 410 g/mol. The van der Waals surface area contributed by atoms with Crippen molar-refractivity contribution in [1.82, 2.24) is 4.90 Å². The van der Waals surface area contributed by atoms with Gasteiger partial charge in [0.1, 0.15) is 12.3 Å². The minimum Gasteiger partial charge on any atom is -0.494 e. The molecule has 2 aromatic rings. The van der Waals surface area contributed by atoms with E-state index in [1.807, 2.05) is 56.3 Å². The van der Waals surface area contributed by atoms with E-state index in [2.05, 4.69) is 5.32 Å². The predicted octanol–water partition coefficient (Wildman–Crippen LogP) is 4.46. The van der Waals surface area contributed by atoms with Crippen molar-refractivity contribution in [3.8, 4) is 5.75 Å². The number of carbonyl (C=O) groups is 3. The van der Waals surface area contributed by atoms with E-state index in [1.165, 1.54) is 0 Å². The van der Waals surface area contributed by atoms with Crippen molar-refractivity contribution in [1.29, 1.82) is 0 Å². The molecule has 3 amide bonds. The molecule has 150 valence electrons. The molecule has 3 rings (SSSR count). The fraction of sp³-hybridized carbons (Fsp3) is 0.227. The number of thioether (sulfide) groups is 1. The fourth-order valence-corrected chi connectivity index (χ4v) is 3.57. The third kappa shape index (κ3) is 5.48. The molecular weight excluding hydrogens is 388 g/mol. The van der Waals surface area contributed by atoms with Gasteiger partial charge < -0.3 is 10.1 Å². The van der Waals surface area contributed by atoms with Crippen LogP contribution in [0.2, 0.25) is 0 Å². The Kier molecular flexibility index (Phi) is 6.72. The fourth-order valence-electron chi connectivity index (χ4n) is 2.73. The molecule has 6 nitrogen and oxygen atoms in total. The van der Waals surface area contributed by atoms with Gasteiger partial charge in [-0.2, -0.15) is 0 Å². The quantitative estimate of drug-likeness (QED) is 0.682. The standard InChI is InChI=1S/C22H22N2O4S/c1-3-11-28-18-9-7-16(8-10-18)13-19-21(26)24(22(27)29-19)14-20(25)23-17-6-4-5-15(2)12-17/h4-10,12-13H,3,11,14H2,1-2H3,(H,23,25)/b19-13-. The number of carbonyl (C=O) groups excluding carboxylic acids is 3. The van der Waals surface area contributed by atoms with Gasteiger partial charge in [-0.05, 0) is 66.6 Å². The van der Waals surface area contributed by atoms with Crippen molar-refractivity contribution in [2.45, 2.75) is 20.3 Å². The SMILES string of the molecule is CCCOc1ccc(/C=C2\SC(=O)N(CC(=O)Nc3cccc(C)c3)C2=O)cc1. The van der Waals surface area contributed by atoms with E-state index < -0.39 is 17.1 Å². The highest BCUT2D eigenvalue weighted by molar-refractivity contribution is 8.18. The maximum absolute atomic E-state index is 12.6. The van der Waals surface area contributed by atoms with Crippen LogP contribution in [0.1, 0.15) is 24.5 Å². The van der Waals surface area contributed by atoms with Crippen molar-refractivity contribution >= 4 is 40.6 Å². The molecule has 2 aromatic carbocycles. The van der Waals surface area contributed by atoms with Crippen LogP contribution in [0.5, 0.6) is 5.75 Å². The highest BCUT2D eigenvalue weighted by atomic mass is 32.2. The Morgan fingerprint density at radius 2 is 1.93 bits per heavy atom. The van der Waals surface area contributed by atoms with Crippen LogP contribution in [0.15, 0.2) is 53.4 Å². The largest absolute Gasteiger partial charge is 0.494 e. The van der Waals surface area contributed by atoms with Gasteiger partial charge in [0.05, 0.1) is 11.5 Å². The highest BCUT2D eigenvalue weighted by Gasteiger charge is 2.36. The number of hydrogen-bond acceptors (Lipinski definition) is 5. The number of ether oxygens (including phenoxy) is 1. The summed E-state index contributed by atoms with van der Waals surface area (Å²) >= 11 is 0.833. The Morgan fingerprint density at radius 1 is 1.17 bits per heavy atom. The third-order valence-corrected chi connectivity index (χ3v) is 5.04. The summed E-state index contributed by atoms with van der Waals surface area (Å²) in [5, 5.41) is 2.26. The van der Waals surface area contributed by atoms with Gasteiger partial charge in [0, 0.05) is 5.69 Å². The minimum atomic E-state index is -0.467. The van der Waals surface area contributed by atoms with Gasteiger partial charge in [-0.3, -0.25) is 19.3 Å². The second kappa shape index (κ2) is 9.43. The van der Waals surface area contributed by atoms with Crippen molar-refractivity contribution < 1.29 is 19.1 Å². The average Bonchev–Trinajstić information content (AvgIpc) is 2.95. The first-order chi connectivity index (χ1) is 14.0. The topological polar surface area (TPSA) is 75.7 Å². The van der Waals surface area contributed by atoms with Crippen LogP contribution in [-0.4, -0.2) is 35.1 Å². The summed E-state index contributed by atoms with van der Waals surface area (Å²) in [6.07, 6.45) is 2.57. The lowest BCUT2D eigenvalue weighted by Gasteiger charge is -2.12. The van der Waals surface area contributed by atoms with E-state index in [4.69, 9.17) is 4.74 Å². The molecule has 1 aliphatic rings. The maximum Gasteiger partial charge on any atom is 0.294 e. The smallest absolute Gasteiger partial charge is 0.294 e. The highest BCUT2D eigenvalue weighted by Crippen LogP contribution is 2.32. The molecule has 1 heterocycles. The first-order valence-electron chi connectivity index (χ1n) is 9.31. The summed E-state index contributed by atoms with van der Waals surface area (Å²) in [7, 11) is 0. The first-order valence-corrected chi connectivity index (χ1v) is 10.1. The van der Waals surface area contributed by atoms with Crippen molar-refractivity contribution in [3.05, 3.63) is 64.6 Å². The van der Waals surface area contributed by atoms with E-state index in [0.29, 0.717) is 17.2 Å². The molecule has 0 aromatic heterocycles. The molecule has 0 atom stereocenters. The van der Waals surface area contributed by atoms with E-state index >= 15 is 0 Å². The lowest BCUT2D eigenvalue weighted by atomic mass is 10.2. The van der Waals surface area contributed by atoms with Gasteiger partial charge in [-0.1, -0.05) is 31.2 Å². The van der Waals surface area contributed by atoms with Crippen molar-refractivity contribution in [3.63, 3.8) is 0 Å². The molecule has 1 aliphatic heterocycles. The lowest BCUT2D eigenvalue weighted by molar-refractivity contribution is -0.127. The zero-order valence-corrected chi connectivity index (χ0v) is 17.1. The number of hydrogen-bond donors (Lipinski definition) is 1. The first kappa shape index (κ1) is 20.7. The zero-order valence-electron chi connectivity index (χ0n) is 16.3. The van der Waals surface area contributed by atoms with E-state index in [0.717, 1.165) is 40.0 Å². The molecule has 7 heteroatoms. The average molecular weight is 410 g/mol. The Bertz CT molecular complexity index is 954. The molecule has 0 saturated carbocycles. The number of benzene rings is 2. The molecule has 0 unspecified atom stereocenters. The van der Waals surface area contributed by atoms with Crippen LogP contribution < -0.4 is 10.1 Å². The van der Waals surface area contributed by atoms with Crippen molar-refractivity contribution in [2.24, 2.45) is 0 Å². The van der Waals surface area contributed by atoms with Gasteiger partial charge in [0.25, 0.3) is 11.1 Å². The summed E-state index contributed by atoms with van der Waals surface area (Å²) in [5.41, 5.74) is 2.41. The van der Waals surface area contributed by atoms with Crippen LogP contribution in [0.4, 0.5) is 10.5 Å². The molecule has 1 N–H and O–H groups in total. The molecular formula is C22H22N2O4S. The van der Waals surface area contributed by atoms with Gasteiger partial charge in [0.2, 0.25) is 5.91 Å². The Morgan fingerprint density at radius 3 is 2.62 bits per heavy atom. The van der Waals surface area contributed by atoms with E-state index in [-0.39, 0.29) is 6.54 Å². The summed E-state index contributed by atoms with van der Waals surface area (Å²) in [6, 6.07) is 14.6. The van der Waals surface area contributed by atoms with Crippen molar-refractivity contribution in [2.75, 3.05) is 18.5 Å². The molecule has 0 spiro atoms. The second-order valence-electron chi connectivity index (χ2n) is 6.60. The number of aryl methyl sites for hydroxylation is 1. The summed E-state index contributed by atoms with van der Waals surface area (Å²) in [4.78, 5) is 38.3.